The third-order valence-corrected chi connectivity index (χ3v) is 3.93. The van der Waals surface area contributed by atoms with E-state index in [1.165, 1.54) is 6.42 Å². The van der Waals surface area contributed by atoms with Gasteiger partial charge >= 0.3 is 5.97 Å². The maximum atomic E-state index is 11.2. The number of ether oxygens (including phenoxy) is 1. The number of benzene rings is 1. The zero-order valence-electron chi connectivity index (χ0n) is 12.0. The molecule has 1 fully saturated rings. The summed E-state index contributed by atoms with van der Waals surface area (Å²) in [7, 11) is 0. The first-order valence-electron chi connectivity index (χ1n) is 7.30. The molecule has 0 aliphatic heterocycles. The predicted molar refractivity (Wildman–Crippen MR) is 78.5 cm³/mol. The van der Waals surface area contributed by atoms with Crippen LogP contribution in [-0.2, 0) is 0 Å². The summed E-state index contributed by atoms with van der Waals surface area (Å²) < 4.78 is 6.02. The minimum Gasteiger partial charge on any atom is -0.475 e. The maximum absolute atomic E-state index is 11.2. The van der Waals surface area contributed by atoms with Gasteiger partial charge in [0.1, 0.15) is 6.10 Å². The number of aromatic carboxylic acids is 1. The van der Waals surface area contributed by atoms with Crippen molar-refractivity contribution in [3.63, 3.8) is 0 Å². The van der Waals surface area contributed by atoms with E-state index in [2.05, 4.69) is 16.9 Å². The van der Waals surface area contributed by atoms with Gasteiger partial charge in [-0.05, 0) is 37.3 Å². The first kappa shape index (κ1) is 13.8. The lowest BCUT2D eigenvalue weighted by Gasteiger charge is -2.27. The van der Waals surface area contributed by atoms with E-state index in [-0.39, 0.29) is 11.9 Å². The van der Waals surface area contributed by atoms with Crippen molar-refractivity contribution in [3.05, 3.63) is 30.1 Å². The quantitative estimate of drug-likeness (QED) is 0.937. The molecule has 0 spiro atoms. The Bertz CT molecular complexity index is 672. The van der Waals surface area contributed by atoms with Gasteiger partial charge in [0, 0.05) is 0 Å². The lowest BCUT2D eigenvalue weighted by Crippen LogP contribution is -2.25. The maximum Gasteiger partial charge on any atom is 0.374 e. The number of carbonyl (C=O) groups is 1. The number of hydrogen-bond donors (Lipinski definition) is 1. The summed E-state index contributed by atoms with van der Waals surface area (Å²) in [6.07, 6.45) is 4.45. The van der Waals surface area contributed by atoms with Crippen LogP contribution in [0, 0.1) is 5.92 Å². The molecule has 1 aliphatic carbocycles. The van der Waals surface area contributed by atoms with E-state index in [1.54, 1.807) is 6.07 Å². The number of fused-ring (bicyclic) bond motifs is 1. The standard InChI is InChI=1S/C16H18N2O3/c1-10-5-4-6-11(9-10)21-15-12-7-2-3-8-13(12)17-14(18-15)16(19)20/h2-3,7-8,10-11H,4-6,9H2,1H3,(H,19,20). The van der Waals surface area contributed by atoms with Crippen LogP contribution in [0.4, 0.5) is 0 Å². The number of carboxylic acid groups (broad SMARTS) is 1. The SMILES string of the molecule is CC1CCCC(Oc2nc(C(=O)O)nc3ccccc23)C1. The van der Waals surface area contributed by atoms with Crippen molar-refractivity contribution in [1.82, 2.24) is 9.97 Å². The number of para-hydroxylation sites is 1. The average molecular weight is 286 g/mol. The molecule has 2 aromatic rings. The summed E-state index contributed by atoms with van der Waals surface area (Å²) >= 11 is 0. The van der Waals surface area contributed by atoms with Gasteiger partial charge in [-0.3, -0.25) is 0 Å². The van der Waals surface area contributed by atoms with Gasteiger partial charge < -0.3 is 9.84 Å². The first-order valence-corrected chi connectivity index (χ1v) is 7.30. The minimum atomic E-state index is -1.14. The van der Waals surface area contributed by atoms with Crippen molar-refractivity contribution >= 4 is 16.9 Å². The van der Waals surface area contributed by atoms with Crippen LogP contribution in [0.15, 0.2) is 24.3 Å². The van der Waals surface area contributed by atoms with Crippen LogP contribution in [0.2, 0.25) is 0 Å². The average Bonchev–Trinajstić information content (AvgIpc) is 2.47. The molecule has 0 amide bonds. The zero-order chi connectivity index (χ0) is 14.8. The Hall–Kier alpha value is -2.17. The van der Waals surface area contributed by atoms with Gasteiger partial charge in [0.2, 0.25) is 11.7 Å². The van der Waals surface area contributed by atoms with E-state index in [4.69, 9.17) is 9.84 Å². The number of nitrogens with zero attached hydrogens (tertiary/aromatic N) is 2. The third-order valence-electron chi connectivity index (χ3n) is 3.93. The van der Waals surface area contributed by atoms with Crippen molar-refractivity contribution in [3.8, 4) is 5.88 Å². The number of aromatic nitrogens is 2. The molecule has 1 aliphatic rings. The molecule has 5 nitrogen and oxygen atoms in total. The Morgan fingerprint density at radius 3 is 2.86 bits per heavy atom. The molecular formula is C16H18N2O3. The molecule has 2 atom stereocenters. The van der Waals surface area contributed by atoms with Gasteiger partial charge in [0.25, 0.3) is 0 Å². The molecule has 21 heavy (non-hydrogen) atoms. The molecule has 5 heteroatoms. The second kappa shape index (κ2) is 5.68. The lowest BCUT2D eigenvalue weighted by molar-refractivity contribution is 0.0679. The fraction of sp³-hybridized carbons (Fsp3) is 0.438. The summed E-state index contributed by atoms with van der Waals surface area (Å²) in [6, 6.07) is 7.35. The summed E-state index contributed by atoms with van der Waals surface area (Å²) in [5.41, 5.74) is 0.601. The molecule has 2 unspecified atom stereocenters. The molecule has 3 rings (SSSR count). The summed E-state index contributed by atoms with van der Waals surface area (Å²) in [6.45, 7) is 2.22. The fourth-order valence-electron chi connectivity index (χ4n) is 2.88. The number of rotatable bonds is 3. The van der Waals surface area contributed by atoms with E-state index >= 15 is 0 Å². The van der Waals surface area contributed by atoms with Gasteiger partial charge in [-0.15, -0.1) is 0 Å². The molecule has 1 heterocycles. The Balaban J connectivity index is 1.97. The summed E-state index contributed by atoms with van der Waals surface area (Å²) in [4.78, 5) is 19.3. The van der Waals surface area contributed by atoms with E-state index < -0.39 is 5.97 Å². The van der Waals surface area contributed by atoms with Crippen LogP contribution in [0.1, 0.15) is 43.2 Å². The molecule has 1 aromatic carbocycles. The number of hydrogen-bond acceptors (Lipinski definition) is 4. The summed E-state index contributed by atoms with van der Waals surface area (Å²) in [5.74, 6) is -0.330. The van der Waals surface area contributed by atoms with Crippen LogP contribution in [-0.4, -0.2) is 27.1 Å². The highest BCUT2D eigenvalue weighted by Crippen LogP contribution is 2.29. The van der Waals surface area contributed by atoms with Gasteiger partial charge in [-0.25, -0.2) is 9.78 Å². The molecule has 1 saturated carbocycles. The largest absolute Gasteiger partial charge is 0.475 e. The predicted octanol–water partition coefficient (Wildman–Crippen LogP) is 3.29. The van der Waals surface area contributed by atoms with Crippen molar-refractivity contribution in [1.29, 1.82) is 0 Å². The van der Waals surface area contributed by atoms with E-state index in [0.29, 0.717) is 17.3 Å². The molecule has 0 bridgehead atoms. The van der Waals surface area contributed by atoms with Gasteiger partial charge in [0.05, 0.1) is 10.9 Å². The zero-order valence-corrected chi connectivity index (χ0v) is 12.0. The Labute approximate surface area is 123 Å². The van der Waals surface area contributed by atoms with E-state index in [0.717, 1.165) is 24.6 Å². The van der Waals surface area contributed by atoms with Crippen LogP contribution in [0.3, 0.4) is 0 Å². The van der Waals surface area contributed by atoms with Crippen LogP contribution < -0.4 is 4.74 Å². The normalized spacial score (nSPS) is 22.1. The van der Waals surface area contributed by atoms with Crippen LogP contribution in [0.5, 0.6) is 5.88 Å². The minimum absolute atomic E-state index is 0.105. The fourth-order valence-corrected chi connectivity index (χ4v) is 2.88. The Morgan fingerprint density at radius 1 is 1.29 bits per heavy atom. The summed E-state index contributed by atoms with van der Waals surface area (Å²) in [5, 5.41) is 9.90. The first-order chi connectivity index (χ1) is 10.1. The van der Waals surface area contributed by atoms with Crippen LogP contribution in [0.25, 0.3) is 10.9 Å². The smallest absolute Gasteiger partial charge is 0.374 e. The van der Waals surface area contributed by atoms with Gasteiger partial charge in [-0.1, -0.05) is 25.5 Å². The molecule has 1 aromatic heterocycles. The molecule has 1 N–H and O–H groups in total. The second-order valence-corrected chi connectivity index (χ2v) is 5.69. The second-order valence-electron chi connectivity index (χ2n) is 5.69. The molecular weight excluding hydrogens is 268 g/mol. The van der Waals surface area contributed by atoms with E-state index in [1.807, 2.05) is 18.2 Å². The van der Waals surface area contributed by atoms with Crippen LogP contribution >= 0.6 is 0 Å². The highest BCUT2D eigenvalue weighted by atomic mass is 16.5. The Morgan fingerprint density at radius 2 is 2.10 bits per heavy atom. The third kappa shape index (κ3) is 2.96. The van der Waals surface area contributed by atoms with Crippen molar-refractivity contribution < 1.29 is 14.6 Å². The molecule has 0 saturated heterocycles. The number of carboxylic acids is 1. The Kier molecular flexibility index (Phi) is 3.73. The van der Waals surface area contributed by atoms with Gasteiger partial charge in [0.15, 0.2) is 0 Å². The highest BCUT2D eigenvalue weighted by molar-refractivity contribution is 5.89. The highest BCUT2D eigenvalue weighted by Gasteiger charge is 2.22. The van der Waals surface area contributed by atoms with E-state index in [9.17, 15) is 4.79 Å². The topological polar surface area (TPSA) is 72.3 Å². The molecule has 110 valence electrons. The van der Waals surface area contributed by atoms with Crippen molar-refractivity contribution in [2.75, 3.05) is 0 Å². The van der Waals surface area contributed by atoms with Crippen molar-refractivity contribution in [2.45, 2.75) is 38.7 Å². The van der Waals surface area contributed by atoms with Crippen molar-refractivity contribution in [2.24, 2.45) is 5.92 Å². The van der Waals surface area contributed by atoms with Gasteiger partial charge in [-0.2, -0.15) is 4.98 Å². The lowest BCUT2D eigenvalue weighted by atomic mass is 9.89. The molecule has 0 radical (unpaired) electrons. The monoisotopic (exact) mass is 286 g/mol.